The largest absolute Gasteiger partial charge is 0.289 e. The minimum Gasteiger partial charge on any atom is -0.289 e. The second-order valence-electron chi connectivity index (χ2n) is 4.07. The average molecular weight is 240 g/mol. The summed E-state index contributed by atoms with van der Waals surface area (Å²) in [4.78, 5) is 11.9. The maximum absolute atomic E-state index is 13.1. The molecule has 2 heteroatoms. The van der Waals surface area contributed by atoms with Crippen molar-refractivity contribution >= 4 is 11.9 Å². The molecule has 2 rings (SSSR count). The van der Waals surface area contributed by atoms with Crippen molar-refractivity contribution in [3.63, 3.8) is 0 Å². The van der Waals surface area contributed by atoms with Gasteiger partial charge in [0.05, 0.1) is 0 Å². The minimum atomic E-state index is -0.392. The van der Waals surface area contributed by atoms with Gasteiger partial charge in [0.2, 0.25) is 0 Å². The van der Waals surface area contributed by atoms with Crippen LogP contribution in [0.1, 0.15) is 21.5 Å². The molecule has 0 saturated heterocycles. The monoisotopic (exact) mass is 240 g/mol. The molecule has 90 valence electrons. The van der Waals surface area contributed by atoms with E-state index in [0.29, 0.717) is 5.56 Å². The van der Waals surface area contributed by atoms with E-state index in [1.165, 1.54) is 18.2 Å². The molecule has 0 fully saturated rings. The molecule has 0 atom stereocenters. The van der Waals surface area contributed by atoms with Crippen LogP contribution in [0, 0.1) is 12.7 Å². The molecule has 1 nitrogen and oxygen atoms in total. The molecular formula is C16H13FO. The fraction of sp³-hybridized carbons (Fsp3) is 0.0625. The lowest BCUT2D eigenvalue weighted by Crippen LogP contribution is -1.98. The van der Waals surface area contributed by atoms with Crippen LogP contribution in [0.5, 0.6) is 0 Å². The Kier molecular flexibility index (Phi) is 3.68. The van der Waals surface area contributed by atoms with Crippen LogP contribution >= 0.6 is 0 Å². The summed E-state index contributed by atoms with van der Waals surface area (Å²) in [5.41, 5.74) is 2.13. The number of rotatable bonds is 3. The highest BCUT2D eigenvalue weighted by Gasteiger charge is 2.06. The van der Waals surface area contributed by atoms with Gasteiger partial charge in [-0.25, -0.2) is 4.39 Å². The summed E-state index contributed by atoms with van der Waals surface area (Å²) >= 11 is 0. The predicted molar refractivity (Wildman–Crippen MR) is 70.9 cm³/mol. The Labute approximate surface area is 106 Å². The van der Waals surface area contributed by atoms with Gasteiger partial charge in [0.15, 0.2) is 5.78 Å². The van der Waals surface area contributed by atoms with Crippen LogP contribution in [0.3, 0.4) is 0 Å². The lowest BCUT2D eigenvalue weighted by molar-refractivity contribution is 0.104. The van der Waals surface area contributed by atoms with Gasteiger partial charge in [0.25, 0.3) is 0 Å². The molecule has 0 bridgehead atoms. The third kappa shape index (κ3) is 2.92. The summed E-state index contributed by atoms with van der Waals surface area (Å²) in [5, 5.41) is 0. The topological polar surface area (TPSA) is 17.1 Å². The maximum Gasteiger partial charge on any atom is 0.186 e. The zero-order valence-electron chi connectivity index (χ0n) is 10.1. The van der Waals surface area contributed by atoms with E-state index < -0.39 is 5.82 Å². The number of hydrogen-bond donors (Lipinski definition) is 0. The van der Waals surface area contributed by atoms with Crippen molar-refractivity contribution in [2.45, 2.75) is 6.92 Å². The number of benzene rings is 2. The molecule has 2 aromatic rings. The zero-order chi connectivity index (χ0) is 13.0. The minimum absolute atomic E-state index is 0.184. The lowest BCUT2D eigenvalue weighted by Gasteiger charge is -2.01. The summed E-state index contributed by atoms with van der Waals surface area (Å²) in [5.74, 6) is -0.576. The van der Waals surface area contributed by atoms with Gasteiger partial charge in [-0.05, 0) is 36.3 Å². The summed E-state index contributed by atoms with van der Waals surface area (Å²) in [6.45, 7) is 1.79. The Morgan fingerprint density at radius 3 is 2.56 bits per heavy atom. The van der Waals surface area contributed by atoms with Crippen LogP contribution in [-0.4, -0.2) is 5.78 Å². The van der Waals surface area contributed by atoms with Gasteiger partial charge in [-0.15, -0.1) is 0 Å². The van der Waals surface area contributed by atoms with Gasteiger partial charge in [-0.3, -0.25) is 4.79 Å². The van der Waals surface area contributed by atoms with Crippen molar-refractivity contribution in [1.82, 2.24) is 0 Å². The van der Waals surface area contributed by atoms with E-state index in [-0.39, 0.29) is 5.78 Å². The molecule has 0 saturated carbocycles. The van der Waals surface area contributed by atoms with Crippen molar-refractivity contribution in [3.05, 3.63) is 77.1 Å². The van der Waals surface area contributed by atoms with Crippen molar-refractivity contribution in [2.24, 2.45) is 0 Å². The first kappa shape index (κ1) is 12.2. The van der Waals surface area contributed by atoms with E-state index in [0.717, 1.165) is 11.1 Å². The molecule has 2 aromatic carbocycles. The molecule has 0 amide bonds. The number of halogens is 1. The molecule has 0 aromatic heterocycles. The van der Waals surface area contributed by atoms with Gasteiger partial charge in [-0.1, -0.05) is 42.5 Å². The van der Waals surface area contributed by atoms with Gasteiger partial charge in [0.1, 0.15) is 5.82 Å². The van der Waals surface area contributed by atoms with E-state index in [1.807, 2.05) is 30.3 Å². The second-order valence-corrected chi connectivity index (χ2v) is 4.07. The highest BCUT2D eigenvalue weighted by Crippen LogP contribution is 2.12. The quantitative estimate of drug-likeness (QED) is 0.584. The average Bonchev–Trinajstić information content (AvgIpc) is 2.40. The highest BCUT2D eigenvalue weighted by molar-refractivity contribution is 6.07. The predicted octanol–water partition coefficient (Wildman–Crippen LogP) is 4.03. The first-order chi connectivity index (χ1) is 8.66. The van der Waals surface area contributed by atoms with Crippen molar-refractivity contribution < 1.29 is 9.18 Å². The normalized spacial score (nSPS) is 10.8. The van der Waals surface area contributed by atoms with E-state index in [9.17, 15) is 9.18 Å². The van der Waals surface area contributed by atoms with Crippen LogP contribution in [-0.2, 0) is 0 Å². The molecule has 0 aliphatic carbocycles. The van der Waals surface area contributed by atoms with Crippen LogP contribution in [0.15, 0.2) is 54.6 Å². The summed E-state index contributed by atoms with van der Waals surface area (Å²) in [6, 6.07) is 13.8. The van der Waals surface area contributed by atoms with E-state index in [1.54, 1.807) is 19.1 Å². The third-order valence-corrected chi connectivity index (χ3v) is 2.69. The van der Waals surface area contributed by atoms with Gasteiger partial charge >= 0.3 is 0 Å². The van der Waals surface area contributed by atoms with Gasteiger partial charge in [-0.2, -0.15) is 0 Å². The summed E-state index contributed by atoms with van der Waals surface area (Å²) in [6.07, 6.45) is 3.20. The Balaban J connectivity index is 2.22. The summed E-state index contributed by atoms with van der Waals surface area (Å²) in [7, 11) is 0. The first-order valence-corrected chi connectivity index (χ1v) is 5.70. The number of aryl methyl sites for hydroxylation is 1. The molecule has 0 aliphatic rings. The summed E-state index contributed by atoms with van der Waals surface area (Å²) < 4.78 is 13.1. The molecule has 0 heterocycles. The zero-order valence-corrected chi connectivity index (χ0v) is 10.1. The second kappa shape index (κ2) is 5.41. The van der Waals surface area contributed by atoms with E-state index in [2.05, 4.69) is 0 Å². The Morgan fingerprint density at radius 1 is 1.11 bits per heavy atom. The maximum atomic E-state index is 13.1. The van der Waals surface area contributed by atoms with Crippen LogP contribution in [0.25, 0.3) is 6.08 Å². The molecular weight excluding hydrogens is 227 g/mol. The fourth-order valence-corrected chi connectivity index (χ4v) is 1.69. The van der Waals surface area contributed by atoms with Crippen molar-refractivity contribution in [2.75, 3.05) is 0 Å². The number of carbonyl (C=O) groups is 1. The van der Waals surface area contributed by atoms with Gasteiger partial charge in [0, 0.05) is 5.56 Å². The molecule has 0 aliphatic heterocycles. The lowest BCUT2D eigenvalue weighted by atomic mass is 10.0. The number of hydrogen-bond acceptors (Lipinski definition) is 1. The third-order valence-electron chi connectivity index (χ3n) is 2.69. The van der Waals surface area contributed by atoms with Crippen LogP contribution in [0.4, 0.5) is 4.39 Å². The fourth-order valence-electron chi connectivity index (χ4n) is 1.69. The van der Waals surface area contributed by atoms with Crippen molar-refractivity contribution in [1.29, 1.82) is 0 Å². The smallest absolute Gasteiger partial charge is 0.186 e. The van der Waals surface area contributed by atoms with Crippen molar-refractivity contribution in [3.8, 4) is 0 Å². The Bertz CT molecular complexity index is 585. The van der Waals surface area contributed by atoms with E-state index in [4.69, 9.17) is 0 Å². The van der Waals surface area contributed by atoms with Crippen LogP contribution in [0.2, 0.25) is 0 Å². The standard InChI is InChI=1S/C16H13FO/c1-12-7-9-14(17)11-15(12)16(18)10-8-13-5-3-2-4-6-13/h2-11H,1H3/b10-8+. The number of carbonyl (C=O) groups excluding carboxylic acids is 1. The molecule has 0 spiro atoms. The number of ketones is 1. The molecule has 0 radical (unpaired) electrons. The first-order valence-electron chi connectivity index (χ1n) is 5.70. The molecule has 0 N–H and O–H groups in total. The molecule has 0 unspecified atom stereocenters. The van der Waals surface area contributed by atoms with E-state index >= 15 is 0 Å². The van der Waals surface area contributed by atoms with Crippen LogP contribution < -0.4 is 0 Å². The Hall–Kier alpha value is -2.22. The number of allylic oxidation sites excluding steroid dienone is 1. The molecule has 18 heavy (non-hydrogen) atoms. The SMILES string of the molecule is Cc1ccc(F)cc1C(=O)/C=C/c1ccccc1. The Morgan fingerprint density at radius 2 is 1.83 bits per heavy atom. The highest BCUT2D eigenvalue weighted by atomic mass is 19.1. The van der Waals surface area contributed by atoms with Gasteiger partial charge < -0.3 is 0 Å².